The van der Waals surface area contributed by atoms with Gasteiger partial charge in [-0.1, -0.05) is 42.5 Å². The molecule has 2 heterocycles. The maximum Gasteiger partial charge on any atom is 0.219 e. The van der Waals surface area contributed by atoms with Crippen molar-refractivity contribution in [1.29, 1.82) is 0 Å². The van der Waals surface area contributed by atoms with Crippen LogP contribution in [0.1, 0.15) is 11.1 Å². The van der Waals surface area contributed by atoms with Gasteiger partial charge in [0.25, 0.3) is 0 Å². The van der Waals surface area contributed by atoms with Gasteiger partial charge in [-0.15, -0.1) is 5.10 Å². The van der Waals surface area contributed by atoms with Crippen molar-refractivity contribution < 1.29 is 10.2 Å². The number of benzene rings is 2. The molecule has 0 saturated heterocycles. The Bertz CT molecular complexity index is 1030. The molecular weight excluding hydrogens is 292 g/mol. The van der Waals surface area contributed by atoms with Crippen LogP contribution in [0.3, 0.4) is 0 Å². The van der Waals surface area contributed by atoms with Crippen molar-refractivity contribution in [2.45, 2.75) is 6.42 Å². The van der Waals surface area contributed by atoms with Crippen molar-refractivity contribution in [1.82, 2.24) is 14.6 Å². The summed E-state index contributed by atoms with van der Waals surface area (Å²) >= 11 is 0. The summed E-state index contributed by atoms with van der Waals surface area (Å²) in [5, 5.41) is 25.9. The van der Waals surface area contributed by atoms with E-state index in [1.165, 1.54) is 4.52 Å². The monoisotopic (exact) mass is 306 g/mol. The second-order valence-electron chi connectivity index (χ2n) is 5.39. The van der Waals surface area contributed by atoms with Crippen LogP contribution in [0.15, 0.2) is 48.5 Å². The highest BCUT2D eigenvalue weighted by atomic mass is 16.3. The van der Waals surface area contributed by atoms with Crippen LogP contribution in [0.4, 0.5) is 5.82 Å². The number of fused-ring (bicyclic) bond motifs is 2. The fraction of sp³-hybridized carbons (Fsp3) is 0.0588. The summed E-state index contributed by atoms with van der Waals surface area (Å²) in [5.74, 6) is -0.191. The van der Waals surface area contributed by atoms with Crippen molar-refractivity contribution in [2.75, 3.05) is 5.73 Å². The highest BCUT2D eigenvalue weighted by Crippen LogP contribution is 2.28. The summed E-state index contributed by atoms with van der Waals surface area (Å²) in [4.78, 5) is 4.05. The van der Waals surface area contributed by atoms with E-state index in [9.17, 15) is 10.2 Å². The number of anilines is 1. The molecule has 0 aliphatic rings. The molecule has 0 fully saturated rings. The molecule has 2 aromatic carbocycles. The van der Waals surface area contributed by atoms with Crippen molar-refractivity contribution >= 4 is 22.2 Å². The Labute approximate surface area is 131 Å². The molecule has 0 aliphatic heterocycles. The van der Waals surface area contributed by atoms with Gasteiger partial charge < -0.3 is 15.9 Å². The molecule has 23 heavy (non-hydrogen) atoms. The predicted octanol–water partition coefficient (Wildman–Crippen LogP) is 2.47. The molecule has 114 valence electrons. The van der Waals surface area contributed by atoms with E-state index in [0.29, 0.717) is 17.6 Å². The Hall–Kier alpha value is -3.28. The number of aromatic nitrogens is 3. The van der Waals surface area contributed by atoms with Gasteiger partial charge in [0.05, 0.1) is 6.07 Å². The molecule has 0 spiro atoms. The molecule has 0 unspecified atom stereocenters. The van der Waals surface area contributed by atoms with Crippen molar-refractivity contribution in [3.8, 4) is 11.8 Å². The number of nitrogens with zero attached hydrogens (tertiary/aromatic N) is 3. The molecule has 0 amide bonds. The Balaban J connectivity index is 1.91. The normalized spacial score (nSPS) is 11.3. The van der Waals surface area contributed by atoms with E-state index < -0.39 is 0 Å². The molecule has 0 radical (unpaired) electrons. The molecule has 0 aliphatic carbocycles. The average Bonchev–Trinajstić information content (AvgIpc) is 2.85. The van der Waals surface area contributed by atoms with Gasteiger partial charge in [0, 0.05) is 12.0 Å². The molecule has 4 aromatic rings. The second-order valence-corrected chi connectivity index (χ2v) is 5.39. The zero-order chi connectivity index (χ0) is 16.0. The van der Waals surface area contributed by atoms with Crippen LogP contribution >= 0.6 is 0 Å². The van der Waals surface area contributed by atoms with Crippen LogP contribution in [-0.4, -0.2) is 24.8 Å². The molecule has 0 saturated carbocycles. The first-order valence-corrected chi connectivity index (χ1v) is 7.16. The fourth-order valence-electron chi connectivity index (χ4n) is 2.86. The molecule has 2 aromatic heterocycles. The van der Waals surface area contributed by atoms with Crippen LogP contribution in [-0.2, 0) is 6.42 Å². The number of hydrogen-bond donors (Lipinski definition) is 3. The van der Waals surface area contributed by atoms with E-state index >= 15 is 0 Å². The van der Waals surface area contributed by atoms with Gasteiger partial charge in [-0.2, -0.15) is 9.50 Å². The maximum atomic E-state index is 9.87. The molecule has 6 heteroatoms. The van der Waals surface area contributed by atoms with Crippen molar-refractivity contribution in [2.24, 2.45) is 0 Å². The topological polar surface area (TPSA) is 96.7 Å². The minimum atomic E-state index is -0.269. The Morgan fingerprint density at radius 2 is 1.83 bits per heavy atom. The molecule has 6 nitrogen and oxygen atoms in total. The third kappa shape index (κ3) is 2.12. The van der Waals surface area contributed by atoms with E-state index in [2.05, 4.69) is 16.1 Å². The van der Waals surface area contributed by atoms with E-state index in [4.69, 9.17) is 5.73 Å². The van der Waals surface area contributed by atoms with Crippen LogP contribution in [0, 0.1) is 0 Å². The number of hydrogen-bond acceptors (Lipinski definition) is 5. The third-order valence-corrected chi connectivity index (χ3v) is 3.93. The first-order valence-electron chi connectivity index (χ1n) is 7.16. The minimum absolute atomic E-state index is 0.205. The number of nitrogen functional groups attached to an aromatic ring is 1. The number of nitrogens with two attached hydrogens (primary N) is 1. The van der Waals surface area contributed by atoms with Gasteiger partial charge >= 0.3 is 0 Å². The van der Waals surface area contributed by atoms with Crippen LogP contribution in [0.5, 0.6) is 11.8 Å². The summed E-state index contributed by atoms with van der Waals surface area (Å²) in [7, 11) is 0. The first kappa shape index (κ1) is 13.4. The Morgan fingerprint density at radius 1 is 1.04 bits per heavy atom. The lowest BCUT2D eigenvalue weighted by Crippen LogP contribution is -1.95. The van der Waals surface area contributed by atoms with Gasteiger partial charge in [-0.05, 0) is 16.3 Å². The summed E-state index contributed by atoms with van der Waals surface area (Å²) in [6.07, 6.45) is 0.507. The van der Waals surface area contributed by atoms with Gasteiger partial charge in [0.1, 0.15) is 0 Å². The molecule has 4 rings (SSSR count). The standard InChI is InChI=1S/C17H14N4O2/c18-16-13(17-19-14(22)9-15(23)21(17)20-16)8-11-6-3-5-10-4-1-2-7-12(10)11/h1-7,9,23H,8H2,(H2,18,20)(H,19,22). The number of aromatic hydroxyl groups is 2. The van der Waals surface area contributed by atoms with Crippen LogP contribution < -0.4 is 5.73 Å². The largest absolute Gasteiger partial charge is 0.493 e. The summed E-state index contributed by atoms with van der Waals surface area (Å²) in [6, 6.07) is 15.3. The van der Waals surface area contributed by atoms with Gasteiger partial charge in [0.2, 0.25) is 11.8 Å². The lowest BCUT2D eigenvalue weighted by molar-refractivity contribution is 0.413. The quantitative estimate of drug-likeness (QED) is 0.528. The molecule has 4 N–H and O–H groups in total. The first-order chi connectivity index (χ1) is 11.1. The number of rotatable bonds is 2. The van der Waals surface area contributed by atoms with E-state index in [1.807, 2.05) is 36.4 Å². The van der Waals surface area contributed by atoms with Gasteiger partial charge in [0.15, 0.2) is 11.5 Å². The molecule has 0 bridgehead atoms. The third-order valence-electron chi connectivity index (χ3n) is 3.93. The molecular formula is C17H14N4O2. The zero-order valence-electron chi connectivity index (χ0n) is 12.1. The second kappa shape index (κ2) is 4.88. The fourth-order valence-corrected chi connectivity index (χ4v) is 2.86. The highest BCUT2D eigenvalue weighted by molar-refractivity contribution is 5.86. The van der Waals surface area contributed by atoms with Gasteiger partial charge in [-0.3, -0.25) is 0 Å². The van der Waals surface area contributed by atoms with E-state index in [-0.39, 0.29) is 17.6 Å². The summed E-state index contributed by atoms with van der Waals surface area (Å²) in [5.41, 5.74) is 8.11. The predicted molar refractivity (Wildman–Crippen MR) is 87.5 cm³/mol. The van der Waals surface area contributed by atoms with Crippen LogP contribution in [0.2, 0.25) is 0 Å². The smallest absolute Gasteiger partial charge is 0.219 e. The SMILES string of the molecule is Nc1nn2c(O)cc(O)nc2c1Cc1cccc2ccccc12. The zero-order valence-corrected chi connectivity index (χ0v) is 12.1. The van der Waals surface area contributed by atoms with Crippen molar-refractivity contribution in [3.05, 3.63) is 59.7 Å². The van der Waals surface area contributed by atoms with Crippen molar-refractivity contribution in [3.63, 3.8) is 0 Å². The average molecular weight is 306 g/mol. The lowest BCUT2D eigenvalue weighted by Gasteiger charge is -2.06. The lowest BCUT2D eigenvalue weighted by atomic mass is 9.99. The maximum absolute atomic E-state index is 9.87. The van der Waals surface area contributed by atoms with Crippen LogP contribution in [0.25, 0.3) is 16.4 Å². The highest BCUT2D eigenvalue weighted by Gasteiger charge is 2.16. The molecule has 0 atom stereocenters. The van der Waals surface area contributed by atoms with Gasteiger partial charge in [-0.25, -0.2) is 0 Å². The Kier molecular flexibility index (Phi) is 2.84. The van der Waals surface area contributed by atoms with E-state index in [0.717, 1.165) is 22.4 Å². The summed E-state index contributed by atoms with van der Waals surface area (Å²) in [6.45, 7) is 0. The summed E-state index contributed by atoms with van der Waals surface area (Å²) < 4.78 is 1.23. The minimum Gasteiger partial charge on any atom is -0.493 e. The Morgan fingerprint density at radius 3 is 2.70 bits per heavy atom. The van der Waals surface area contributed by atoms with E-state index in [1.54, 1.807) is 0 Å².